The predicted molar refractivity (Wildman–Crippen MR) is 153 cm³/mol. The SMILES string of the molecule is CCc1ccc(S(=O)NC2CCc3ccc(N(Cc4ccnc(F)c4)C(=O)CCc4ccccc4)cc32)cc1. The molecule has 1 amide bonds. The quantitative estimate of drug-likeness (QED) is 0.242. The molecule has 0 radical (unpaired) electrons. The molecular formula is C32H32FN3O2S. The predicted octanol–water partition coefficient (Wildman–Crippen LogP) is 6.25. The third-order valence-corrected chi connectivity index (χ3v) is 8.42. The average Bonchev–Trinajstić information content (AvgIpc) is 3.37. The number of hydrogen-bond donors (Lipinski definition) is 1. The maximum absolute atomic E-state index is 13.9. The Kier molecular flexibility index (Phi) is 8.59. The highest BCUT2D eigenvalue weighted by atomic mass is 32.2. The van der Waals surface area contributed by atoms with Crippen molar-refractivity contribution in [2.24, 2.45) is 0 Å². The zero-order valence-electron chi connectivity index (χ0n) is 22.0. The standard InChI is InChI=1S/C32H32FN3O2S/c1-2-23-8-14-28(15-9-23)39(38)35-30-16-12-26-11-13-27(21-29(26)30)36(22-25-18-19-34-31(33)20-25)32(37)17-10-24-6-4-3-5-7-24/h3-9,11,13-15,18-21,30,35H,2,10,12,16-17,22H2,1H3. The highest BCUT2D eigenvalue weighted by molar-refractivity contribution is 7.83. The van der Waals surface area contributed by atoms with Gasteiger partial charge in [0.2, 0.25) is 11.9 Å². The van der Waals surface area contributed by atoms with Crippen molar-refractivity contribution in [3.05, 3.63) is 125 Å². The molecule has 5 nitrogen and oxygen atoms in total. The van der Waals surface area contributed by atoms with Crippen molar-refractivity contribution in [3.63, 3.8) is 0 Å². The number of rotatable bonds is 10. The lowest BCUT2D eigenvalue weighted by atomic mass is 10.1. The lowest BCUT2D eigenvalue weighted by Gasteiger charge is -2.25. The molecule has 0 fully saturated rings. The van der Waals surface area contributed by atoms with Crippen LogP contribution in [0.3, 0.4) is 0 Å². The van der Waals surface area contributed by atoms with E-state index in [1.165, 1.54) is 23.4 Å². The van der Waals surface area contributed by atoms with Crippen molar-refractivity contribution in [2.45, 2.75) is 56.5 Å². The van der Waals surface area contributed by atoms with E-state index < -0.39 is 16.9 Å². The fraction of sp³-hybridized carbons (Fsp3) is 0.250. The molecular weight excluding hydrogens is 509 g/mol. The summed E-state index contributed by atoms with van der Waals surface area (Å²) in [5.74, 6) is -0.616. The molecule has 39 heavy (non-hydrogen) atoms. The minimum Gasteiger partial charge on any atom is -0.308 e. The van der Waals surface area contributed by atoms with Crippen LogP contribution < -0.4 is 9.62 Å². The molecule has 1 heterocycles. The van der Waals surface area contributed by atoms with E-state index in [-0.39, 0.29) is 18.5 Å². The molecule has 5 rings (SSSR count). The van der Waals surface area contributed by atoms with Gasteiger partial charge in [0.05, 0.1) is 11.4 Å². The number of fused-ring (bicyclic) bond motifs is 1. The molecule has 7 heteroatoms. The molecule has 2 atom stereocenters. The zero-order chi connectivity index (χ0) is 27.2. The summed E-state index contributed by atoms with van der Waals surface area (Å²) in [7, 11) is -1.35. The molecule has 3 aromatic carbocycles. The van der Waals surface area contributed by atoms with Crippen LogP contribution in [0, 0.1) is 5.95 Å². The number of pyridine rings is 1. The Bertz CT molecular complexity index is 1460. The van der Waals surface area contributed by atoms with Gasteiger partial charge in [-0.1, -0.05) is 55.5 Å². The number of nitrogens with one attached hydrogen (secondary N) is 1. The largest absolute Gasteiger partial charge is 0.308 e. The van der Waals surface area contributed by atoms with Gasteiger partial charge in [0.1, 0.15) is 11.0 Å². The first-order chi connectivity index (χ1) is 19.0. The first-order valence-electron chi connectivity index (χ1n) is 13.3. The normalized spacial score (nSPS) is 15.1. The lowest BCUT2D eigenvalue weighted by Crippen LogP contribution is -2.31. The second-order valence-corrected chi connectivity index (χ2v) is 11.1. The summed E-state index contributed by atoms with van der Waals surface area (Å²) in [5.41, 5.74) is 5.94. The van der Waals surface area contributed by atoms with Crippen molar-refractivity contribution >= 4 is 22.6 Å². The summed E-state index contributed by atoms with van der Waals surface area (Å²) >= 11 is 0. The summed E-state index contributed by atoms with van der Waals surface area (Å²) in [4.78, 5) is 19.7. The fourth-order valence-corrected chi connectivity index (χ4v) is 6.03. The van der Waals surface area contributed by atoms with Crippen LogP contribution in [0.4, 0.5) is 10.1 Å². The average molecular weight is 542 g/mol. The number of benzene rings is 3. The molecule has 4 aromatic rings. The van der Waals surface area contributed by atoms with E-state index in [2.05, 4.69) is 22.7 Å². The number of nitrogens with zero attached hydrogens (tertiary/aromatic N) is 2. The maximum Gasteiger partial charge on any atom is 0.227 e. The van der Waals surface area contributed by atoms with E-state index in [1.54, 1.807) is 11.0 Å². The minimum atomic E-state index is -1.35. The van der Waals surface area contributed by atoms with Crippen molar-refractivity contribution < 1.29 is 13.4 Å². The number of anilines is 1. The topological polar surface area (TPSA) is 62.3 Å². The third-order valence-electron chi connectivity index (χ3n) is 7.22. The van der Waals surface area contributed by atoms with Gasteiger partial charge in [-0.25, -0.2) is 13.9 Å². The molecule has 2 unspecified atom stereocenters. The summed E-state index contributed by atoms with van der Waals surface area (Å²) in [6.45, 7) is 2.33. The molecule has 1 aliphatic rings. The van der Waals surface area contributed by atoms with Gasteiger partial charge in [-0.3, -0.25) is 4.79 Å². The molecule has 1 aliphatic carbocycles. The van der Waals surface area contributed by atoms with Crippen molar-refractivity contribution in [1.29, 1.82) is 0 Å². The Balaban J connectivity index is 1.38. The van der Waals surface area contributed by atoms with Gasteiger partial charge in [0, 0.05) is 24.3 Å². The number of carbonyl (C=O) groups is 1. The van der Waals surface area contributed by atoms with Gasteiger partial charge < -0.3 is 4.90 Å². The Morgan fingerprint density at radius 3 is 2.54 bits per heavy atom. The van der Waals surface area contributed by atoms with Crippen LogP contribution in [0.25, 0.3) is 0 Å². The molecule has 1 aromatic heterocycles. The van der Waals surface area contributed by atoms with Crippen LogP contribution in [-0.2, 0) is 41.6 Å². The van der Waals surface area contributed by atoms with Crippen molar-refractivity contribution in [3.8, 4) is 0 Å². The maximum atomic E-state index is 13.9. The number of halogens is 1. The van der Waals surface area contributed by atoms with E-state index >= 15 is 0 Å². The summed E-state index contributed by atoms with van der Waals surface area (Å²) < 4.78 is 30.3. The number of amides is 1. The molecule has 0 saturated carbocycles. The summed E-state index contributed by atoms with van der Waals surface area (Å²) in [6, 6.07) is 26.8. The van der Waals surface area contributed by atoms with E-state index in [9.17, 15) is 13.4 Å². The first-order valence-corrected chi connectivity index (χ1v) is 14.5. The monoisotopic (exact) mass is 541 g/mol. The van der Waals surface area contributed by atoms with Gasteiger partial charge in [-0.15, -0.1) is 0 Å². The van der Waals surface area contributed by atoms with Crippen LogP contribution in [0.1, 0.15) is 53.6 Å². The smallest absolute Gasteiger partial charge is 0.227 e. The second kappa shape index (κ2) is 12.5. The van der Waals surface area contributed by atoms with Crippen LogP contribution in [0.2, 0.25) is 0 Å². The molecule has 0 spiro atoms. The molecule has 200 valence electrons. The van der Waals surface area contributed by atoms with Crippen LogP contribution in [0.5, 0.6) is 0 Å². The van der Waals surface area contributed by atoms with Gasteiger partial charge >= 0.3 is 0 Å². The van der Waals surface area contributed by atoms with Crippen molar-refractivity contribution in [2.75, 3.05) is 4.90 Å². The van der Waals surface area contributed by atoms with Gasteiger partial charge in [0.15, 0.2) is 0 Å². The van der Waals surface area contributed by atoms with Gasteiger partial charge in [-0.05, 0) is 89.9 Å². The molecule has 0 bridgehead atoms. The molecule has 1 N–H and O–H groups in total. The molecule has 0 aliphatic heterocycles. The summed E-state index contributed by atoms with van der Waals surface area (Å²) in [6.07, 6.45) is 5.00. The minimum absolute atomic E-state index is 0.0434. The van der Waals surface area contributed by atoms with E-state index in [4.69, 9.17) is 0 Å². The Hall–Kier alpha value is -3.68. The highest BCUT2D eigenvalue weighted by Crippen LogP contribution is 2.35. The Labute approximate surface area is 231 Å². The highest BCUT2D eigenvalue weighted by Gasteiger charge is 2.26. The Morgan fingerprint density at radius 1 is 1.00 bits per heavy atom. The molecule has 0 saturated heterocycles. The van der Waals surface area contributed by atoms with Crippen LogP contribution >= 0.6 is 0 Å². The van der Waals surface area contributed by atoms with Gasteiger partial charge in [-0.2, -0.15) is 4.39 Å². The summed E-state index contributed by atoms with van der Waals surface area (Å²) in [5, 5.41) is 0. The zero-order valence-corrected chi connectivity index (χ0v) is 22.8. The Morgan fingerprint density at radius 2 is 1.79 bits per heavy atom. The van der Waals surface area contributed by atoms with E-state index in [1.807, 2.05) is 66.7 Å². The third kappa shape index (κ3) is 6.67. The lowest BCUT2D eigenvalue weighted by molar-refractivity contribution is -0.118. The second-order valence-electron chi connectivity index (χ2n) is 9.81. The fourth-order valence-electron chi connectivity index (χ4n) is 5.00. The van der Waals surface area contributed by atoms with Crippen LogP contribution in [-0.4, -0.2) is 15.1 Å². The van der Waals surface area contributed by atoms with E-state index in [0.717, 1.165) is 41.0 Å². The van der Waals surface area contributed by atoms with Crippen molar-refractivity contribution in [1.82, 2.24) is 9.71 Å². The number of carbonyl (C=O) groups excluding carboxylic acids is 1. The van der Waals surface area contributed by atoms with Gasteiger partial charge in [0.25, 0.3) is 0 Å². The number of aromatic nitrogens is 1. The number of hydrogen-bond acceptors (Lipinski definition) is 3. The number of aryl methyl sites for hydroxylation is 3. The van der Waals surface area contributed by atoms with Crippen LogP contribution in [0.15, 0.2) is 96.0 Å². The first kappa shape index (κ1) is 26.9. The van der Waals surface area contributed by atoms with E-state index in [0.29, 0.717) is 18.4 Å².